The normalized spacial score (nSPS) is 28.0. The molecular weight excluding hydrogens is 304 g/mol. The predicted molar refractivity (Wildman–Crippen MR) is 83.0 cm³/mol. The fraction of sp³-hybridized carbons (Fsp3) is 0.375. The molecule has 22 heavy (non-hydrogen) atoms. The summed E-state index contributed by atoms with van der Waals surface area (Å²) in [6.07, 6.45) is -3.76. The van der Waals surface area contributed by atoms with Gasteiger partial charge in [-0.15, -0.1) is 11.3 Å². The van der Waals surface area contributed by atoms with E-state index in [1.54, 1.807) is 18.4 Å². The number of methoxy groups -OCH3 is 1. The molecule has 0 saturated carbocycles. The van der Waals surface area contributed by atoms with Crippen LogP contribution < -0.4 is 4.74 Å². The van der Waals surface area contributed by atoms with Crippen molar-refractivity contribution in [3.63, 3.8) is 0 Å². The summed E-state index contributed by atoms with van der Waals surface area (Å²) in [6, 6.07) is 9.63. The van der Waals surface area contributed by atoms with Crippen molar-refractivity contribution in [2.24, 2.45) is 0 Å². The summed E-state index contributed by atoms with van der Waals surface area (Å²) in [7, 11) is 1.55. The molecule has 5 nitrogen and oxygen atoms in total. The molecule has 1 aromatic heterocycles. The van der Waals surface area contributed by atoms with Crippen molar-refractivity contribution in [1.29, 1.82) is 0 Å². The average molecular weight is 322 g/mol. The largest absolute Gasteiger partial charge is 0.496 e. The smallest absolute Gasteiger partial charge is 0.124 e. The molecule has 0 radical (unpaired) electrons. The Morgan fingerprint density at radius 2 is 2.05 bits per heavy atom. The summed E-state index contributed by atoms with van der Waals surface area (Å²) < 4.78 is 11.0. The SMILES string of the molecule is COc1ccc(-c2cccs2)cc1[C@@H]1O[C@H](CO)[C@@H](O)[C@H]1O. The lowest BCUT2D eigenvalue weighted by Crippen LogP contribution is -2.32. The Kier molecular flexibility index (Phi) is 4.46. The number of ether oxygens (including phenoxy) is 2. The summed E-state index contributed by atoms with van der Waals surface area (Å²) >= 11 is 1.61. The Labute approximate surface area is 132 Å². The van der Waals surface area contributed by atoms with E-state index < -0.39 is 24.4 Å². The van der Waals surface area contributed by atoms with Crippen molar-refractivity contribution >= 4 is 11.3 Å². The van der Waals surface area contributed by atoms with Crippen molar-refractivity contribution in [3.8, 4) is 16.2 Å². The maximum atomic E-state index is 10.2. The molecule has 1 saturated heterocycles. The Balaban J connectivity index is 2.00. The van der Waals surface area contributed by atoms with Gasteiger partial charge in [0, 0.05) is 10.4 Å². The van der Waals surface area contributed by atoms with Crippen LogP contribution in [0.4, 0.5) is 0 Å². The first-order chi connectivity index (χ1) is 10.7. The third kappa shape index (κ3) is 2.64. The molecule has 0 aliphatic carbocycles. The topological polar surface area (TPSA) is 79.2 Å². The van der Waals surface area contributed by atoms with Crippen LogP contribution >= 0.6 is 11.3 Å². The molecule has 6 heteroatoms. The van der Waals surface area contributed by atoms with Gasteiger partial charge in [0.05, 0.1) is 13.7 Å². The molecule has 2 aromatic rings. The van der Waals surface area contributed by atoms with E-state index in [1.165, 1.54) is 0 Å². The number of rotatable bonds is 4. The van der Waals surface area contributed by atoms with Crippen molar-refractivity contribution in [3.05, 3.63) is 41.3 Å². The minimum absolute atomic E-state index is 0.346. The Morgan fingerprint density at radius 1 is 1.23 bits per heavy atom. The lowest BCUT2D eigenvalue weighted by atomic mass is 9.98. The first kappa shape index (κ1) is 15.5. The molecule has 0 unspecified atom stereocenters. The van der Waals surface area contributed by atoms with Crippen LogP contribution in [-0.2, 0) is 4.74 Å². The van der Waals surface area contributed by atoms with Crippen molar-refractivity contribution in [2.45, 2.75) is 24.4 Å². The second kappa shape index (κ2) is 6.36. The van der Waals surface area contributed by atoms with E-state index in [9.17, 15) is 15.3 Å². The van der Waals surface area contributed by atoms with E-state index in [1.807, 2.05) is 35.7 Å². The second-order valence-corrected chi connectivity index (χ2v) is 6.14. The monoisotopic (exact) mass is 322 g/mol. The van der Waals surface area contributed by atoms with Gasteiger partial charge in [0.25, 0.3) is 0 Å². The van der Waals surface area contributed by atoms with Crippen LogP contribution in [0.25, 0.3) is 10.4 Å². The number of benzene rings is 1. The molecule has 0 spiro atoms. The third-order valence-corrected chi connectivity index (χ3v) is 4.80. The van der Waals surface area contributed by atoms with Gasteiger partial charge >= 0.3 is 0 Å². The Morgan fingerprint density at radius 3 is 2.64 bits per heavy atom. The lowest BCUT2D eigenvalue weighted by Gasteiger charge is -2.19. The third-order valence-electron chi connectivity index (χ3n) is 3.88. The van der Waals surface area contributed by atoms with Gasteiger partial charge in [-0.25, -0.2) is 0 Å². The molecule has 3 N–H and O–H groups in total. The number of hydrogen-bond donors (Lipinski definition) is 3. The van der Waals surface area contributed by atoms with Crippen LogP contribution in [0, 0.1) is 0 Å². The van der Waals surface area contributed by atoms with Crippen LogP contribution in [0.2, 0.25) is 0 Å². The second-order valence-electron chi connectivity index (χ2n) is 5.19. The molecule has 1 aliphatic rings. The van der Waals surface area contributed by atoms with Crippen LogP contribution in [0.5, 0.6) is 5.75 Å². The fourth-order valence-electron chi connectivity index (χ4n) is 2.71. The van der Waals surface area contributed by atoms with Crippen molar-refractivity contribution in [1.82, 2.24) is 0 Å². The molecule has 4 atom stereocenters. The van der Waals surface area contributed by atoms with Gasteiger partial charge in [-0.1, -0.05) is 6.07 Å². The molecule has 118 valence electrons. The summed E-state index contributed by atoms with van der Waals surface area (Å²) in [5.74, 6) is 0.579. The van der Waals surface area contributed by atoms with Gasteiger partial charge in [0.15, 0.2) is 0 Å². The predicted octanol–water partition coefficient (Wildman–Crippen LogP) is 1.58. The van der Waals surface area contributed by atoms with Crippen LogP contribution in [-0.4, -0.2) is 47.3 Å². The maximum absolute atomic E-state index is 10.2. The molecule has 3 rings (SSSR count). The van der Waals surface area contributed by atoms with Gasteiger partial charge < -0.3 is 24.8 Å². The van der Waals surface area contributed by atoms with Gasteiger partial charge in [0.2, 0.25) is 0 Å². The fourth-order valence-corrected chi connectivity index (χ4v) is 3.43. The van der Waals surface area contributed by atoms with Crippen LogP contribution in [0.1, 0.15) is 11.7 Å². The molecule has 0 bridgehead atoms. The number of thiophene rings is 1. The summed E-state index contributed by atoms with van der Waals surface area (Å²) in [4.78, 5) is 1.09. The minimum Gasteiger partial charge on any atom is -0.496 e. The molecule has 2 heterocycles. The standard InChI is InChI=1S/C16H18O5S/c1-20-11-5-4-9(13-3-2-6-22-13)7-10(11)16-15(19)14(18)12(8-17)21-16/h2-7,12,14-19H,8H2,1H3/t12-,14-,15-,16+/m1/s1. The van der Waals surface area contributed by atoms with Gasteiger partial charge in [-0.2, -0.15) is 0 Å². The van der Waals surface area contributed by atoms with E-state index in [2.05, 4.69) is 0 Å². The highest BCUT2D eigenvalue weighted by Gasteiger charge is 2.44. The van der Waals surface area contributed by atoms with E-state index in [0.717, 1.165) is 10.4 Å². The van der Waals surface area contributed by atoms with E-state index in [4.69, 9.17) is 9.47 Å². The highest BCUT2D eigenvalue weighted by molar-refractivity contribution is 7.13. The van der Waals surface area contributed by atoms with E-state index >= 15 is 0 Å². The zero-order valence-corrected chi connectivity index (χ0v) is 12.9. The molecule has 1 fully saturated rings. The first-order valence-corrected chi connectivity index (χ1v) is 7.88. The average Bonchev–Trinajstić information content (AvgIpc) is 3.17. The van der Waals surface area contributed by atoms with Gasteiger partial charge in [-0.3, -0.25) is 0 Å². The maximum Gasteiger partial charge on any atom is 0.124 e. The minimum atomic E-state index is -1.12. The zero-order valence-electron chi connectivity index (χ0n) is 12.0. The summed E-state index contributed by atoms with van der Waals surface area (Å²) in [5.41, 5.74) is 1.65. The van der Waals surface area contributed by atoms with E-state index in [0.29, 0.717) is 11.3 Å². The molecule has 1 aromatic carbocycles. The van der Waals surface area contributed by atoms with Crippen molar-refractivity contribution < 1.29 is 24.8 Å². The van der Waals surface area contributed by atoms with Crippen LogP contribution in [0.15, 0.2) is 35.7 Å². The highest BCUT2D eigenvalue weighted by Crippen LogP contribution is 2.40. The highest BCUT2D eigenvalue weighted by atomic mass is 32.1. The molecule has 1 aliphatic heterocycles. The summed E-state index contributed by atoms with van der Waals surface area (Å²) in [5, 5.41) is 31.4. The Bertz CT molecular complexity index is 627. The number of aliphatic hydroxyl groups is 3. The molecular formula is C16H18O5S. The zero-order chi connectivity index (χ0) is 15.7. The molecule has 0 amide bonds. The van der Waals surface area contributed by atoms with Gasteiger partial charge in [-0.05, 0) is 35.2 Å². The van der Waals surface area contributed by atoms with Crippen LogP contribution in [0.3, 0.4) is 0 Å². The quantitative estimate of drug-likeness (QED) is 0.796. The first-order valence-electron chi connectivity index (χ1n) is 7.00. The van der Waals surface area contributed by atoms with Crippen molar-refractivity contribution in [2.75, 3.05) is 13.7 Å². The lowest BCUT2D eigenvalue weighted by molar-refractivity contribution is -0.0233. The summed E-state index contributed by atoms with van der Waals surface area (Å²) in [6.45, 7) is -0.346. The Hall–Kier alpha value is -1.44. The number of aliphatic hydroxyl groups excluding tert-OH is 3. The van der Waals surface area contributed by atoms with E-state index in [-0.39, 0.29) is 6.61 Å². The van der Waals surface area contributed by atoms with Gasteiger partial charge in [0.1, 0.15) is 30.2 Å². The number of hydrogen-bond acceptors (Lipinski definition) is 6.